The molecule has 0 spiro atoms. The minimum atomic E-state index is -2.54. The predicted molar refractivity (Wildman–Crippen MR) is 517 cm³/mol. The van der Waals surface area contributed by atoms with Gasteiger partial charge in [-0.3, -0.25) is 0 Å². The van der Waals surface area contributed by atoms with Crippen LogP contribution in [0.15, 0.2) is 0 Å². The predicted octanol–water partition coefficient (Wildman–Crippen LogP) is 35.7. The SMILES string of the molecule is [3H]I(P(P(P(P)P(P)P)P(P(P)P)P(P)P)P(P(P(P)P)P(P)P)P(P(P)P)P(P)P)P(P(P(P(P)P)P(P)P)P(P(P)P)P(P)P)P(P(P(P)P)P(P)P)P(P(P)P)P(P)P. The van der Waals surface area contributed by atoms with Gasteiger partial charge < -0.3 is 0 Å². The minimum absolute atomic E-state index is 0.253. The molecule has 0 aliphatic carbocycles. The van der Waals surface area contributed by atoms with Gasteiger partial charge in [0.25, 0.3) is 0 Å². The van der Waals surface area contributed by atoms with Crippen LogP contribution in [0, 0.1) is 0 Å². The van der Waals surface area contributed by atoms with Crippen molar-refractivity contribution < 1.29 is 0 Å². The van der Waals surface area contributed by atoms with Crippen molar-refractivity contribution in [2.24, 2.45) is 0 Å². The van der Waals surface area contributed by atoms with Crippen molar-refractivity contribution in [1.29, 1.82) is 0.594 Å². The molecule has 0 nitrogen and oxygen atoms in total. The third-order valence-electron chi connectivity index (χ3n) is 5.16. The quantitative estimate of drug-likeness (QED) is 0.0517. The van der Waals surface area contributed by atoms with E-state index in [1.807, 2.05) is 0 Å². The maximum atomic E-state index is 12.5. The summed E-state index contributed by atoms with van der Waals surface area (Å²) in [5, 5.41) is 0. The zero-order valence-electron chi connectivity index (χ0n) is 32.2. The summed E-state index contributed by atoms with van der Waals surface area (Å²) in [5.74, 6) is 0. The molecule has 0 fully saturated rings. The molecule has 0 aromatic heterocycles. The van der Waals surface area contributed by atoms with Gasteiger partial charge in [-0.25, -0.2) is 0 Å². The molecule has 0 aliphatic rings. The van der Waals surface area contributed by atoms with Gasteiger partial charge in [0.15, 0.2) is 0 Å². The Morgan fingerprint density at radius 2 is 0.311 bits per heavy atom. The number of halogens is 1. The molecule has 0 aliphatic heterocycles. The summed E-state index contributed by atoms with van der Waals surface area (Å²) in [6.07, 6.45) is 0. The Bertz CT molecular complexity index is 993. The molecule has 0 radical (unpaired) electrons. The van der Waals surface area contributed by atoms with Crippen LogP contribution in [0.3, 0.4) is 0 Å². The Hall–Kier alpha value is 26.5. The van der Waals surface area contributed by atoms with Crippen molar-refractivity contribution in [2.45, 2.75) is 0 Å². The molecule has 34 unspecified atom stereocenters. The van der Waals surface area contributed by atoms with Gasteiger partial charge in [-0.05, 0) is 0 Å². The first-order chi connectivity index (χ1) is 28.1. The van der Waals surface area contributed by atoms with Gasteiger partial charge in [0, 0.05) is 0 Å². The molecule has 0 aromatic rings. The van der Waals surface area contributed by atoms with E-state index in [2.05, 4.69) is 277 Å². The Balaban J connectivity index is 10.3. The average molecular weight is 2050 g/mol. The molecule has 0 aromatic carbocycles. The average Bonchev–Trinajstić information content (AvgIpc) is 3.05. The van der Waals surface area contributed by atoms with E-state index >= 15 is 0 Å². The first-order valence-electron chi connectivity index (χ1n) is 14.1. The number of rotatable bonds is 29. The maximum absolute atomic E-state index is 12.5. The van der Waals surface area contributed by atoms with Gasteiger partial charge in [0.05, 0.1) is 0 Å². The number of hydrogen-bond donors (Lipinski definition) is 0. The van der Waals surface area contributed by atoms with Crippen LogP contribution in [-0.2, 0) is 0 Å². The summed E-state index contributed by atoms with van der Waals surface area (Å²) in [5.41, 5.74) is 0. The van der Waals surface area contributed by atoms with Gasteiger partial charge >= 0.3 is 496 Å². The first-order valence-corrected chi connectivity index (χ1v) is 127. The van der Waals surface area contributed by atoms with Crippen molar-refractivity contribution in [3.8, 4) is 0 Å². The van der Waals surface area contributed by atoms with Gasteiger partial charge in [-0.15, -0.1) is 0 Å². The van der Waals surface area contributed by atoms with E-state index in [1.165, 1.54) is 0 Å². The second-order valence-electron chi connectivity index (χ2n) is 9.53. The van der Waals surface area contributed by atoms with Gasteiger partial charge in [0.2, 0.25) is 0 Å². The Labute approximate surface area is 488 Å². The van der Waals surface area contributed by atoms with Crippen LogP contribution in [0.25, 0.3) is 0 Å². The second kappa shape index (κ2) is 48.3. The topological polar surface area (TPSA) is 0 Å². The molecular formula is H63IP60. The molecule has 0 saturated heterocycles. The van der Waals surface area contributed by atoms with Crippen LogP contribution in [0.1, 0.15) is 0 Å². The molecule has 0 heterocycles. The van der Waals surface area contributed by atoms with E-state index in [4.69, 9.17) is 0 Å². The fraction of sp³-hybridized carbons (Fsp3) is 0. The Morgan fingerprint density at radius 3 is 0.443 bits per heavy atom. The molecule has 0 N–H and O–H groups in total. The zero-order valence-corrected chi connectivity index (χ0v) is 95.1. The zero-order chi connectivity index (χ0) is 49.3. The summed E-state index contributed by atoms with van der Waals surface area (Å²) in [6, 6.07) is 0. The van der Waals surface area contributed by atoms with E-state index in [0.29, 0.717) is 0 Å². The monoisotopic (exact) mass is 2050 g/mol. The summed E-state index contributed by atoms with van der Waals surface area (Å²) in [6.45, 7) is -7.90. The molecule has 0 bridgehead atoms. The third-order valence-corrected chi connectivity index (χ3v) is 458. The molecule has 61 heteroatoms. The molecule has 34 atom stereocenters. The Kier molecular flexibility index (Phi) is 67.7. The van der Waals surface area contributed by atoms with E-state index < -0.39 is 29.8 Å². The van der Waals surface area contributed by atoms with E-state index in [9.17, 15) is 0.594 Å². The summed E-state index contributed by atoms with van der Waals surface area (Å²) < 4.78 is 12.5. The molecule has 61 heavy (non-hydrogen) atoms. The van der Waals surface area contributed by atoms with Crippen LogP contribution < -0.4 is 0 Å². The normalized spacial score (nSPS) is 16.3. The van der Waals surface area contributed by atoms with Crippen molar-refractivity contribution in [2.75, 3.05) is 0 Å². The Morgan fingerprint density at radius 1 is 0.180 bits per heavy atom. The third kappa shape index (κ3) is 32.2. The fourth-order valence-corrected chi connectivity index (χ4v) is 950. The van der Waals surface area contributed by atoms with Crippen molar-refractivity contribution in [3.63, 3.8) is 0 Å². The fourth-order valence-electron chi connectivity index (χ4n) is 3.38. The van der Waals surface area contributed by atoms with E-state index in [0.717, 1.165) is 0 Å². The van der Waals surface area contributed by atoms with Gasteiger partial charge in [-0.1, -0.05) is 0 Å². The molecule has 0 saturated carbocycles. The summed E-state index contributed by atoms with van der Waals surface area (Å²) in [4.78, 5) is -0.936. The van der Waals surface area contributed by atoms with Crippen LogP contribution >= 0.6 is 495 Å². The van der Waals surface area contributed by atoms with Crippen LogP contribution in [0.2, 0.25) is 0 Å². The van der Waals surface area contributed by atoms with Crippen LogP contribution in [-0.4, -0.2) is 0.594 Å². The van der Waals surface area contributed by atoms with Crippen LogP contribution in [0.4, 0.5) is 0 Å². The van der Waals surface area contributed by atoms with Crippen molar-refractivity contribution >= 4 is 495 Å². The summed E-state index contributed by atoms with van der Waals surface area (Å²) >= 11 is -2.54. The molecular weight excluding hydrogens is 1990 g/mol. The van der Waals surface area contributed by atoms with Gasteiger partial charge in [0.1, 0.15) is 0 Å². The second-order valence-corrected chi connectivity index (χ2v) is 270. The summed E-state index contributed by atoms with van der Waals surface area (Å²) in [7, 11) is 108. The number of hydrogen-bond acceptors (Lipinski definition) is 0. The molecule has 370 valence electrons. The molecule has 0 amide bonds. The van der Waals surface area contributed by atoms with E-state index in [-0.39, 0.29) is 189 Å². The first kappa shape index (κ1) is 85.5. The van der Waals surface area contributed by atoms with Gasteiger partial charge in [-0.2, -0.15) is 0 Å². The van der Waals surface area contributed by atoms with Crippen LogP contribution in [0.5, 0.6) is 0 Å². The van der Waals surface area contributed by atoms with Crippen molar-refractivity contribution in [1.82, 2.24) is 0 Å². The van der Waals surface area contributed by atoms with Crippen molar-refractivity contribution in [3.05, 3.63) is 0 Å². The molecule has 0 rings (SSSR count). The standard InChI is InChI=1S/H63IP60/c2-35(3)50(32)51(55(36(4)5)37(6)7)33(52(56(38(8)9)39(10)11)57(40(12)13)41(14)15)1-34(53(58(42(16)17)43(18)19)59(44(20)21)45(22)23)54(60(46(24)25)47(26)27)61(48(28)29)49(30)31/h1H,2-32H2/i1T. The van der Waals surface area contributed by atoms with E-state index in [1.54, 1.807) is 0 Å².